The summed E-state index contributed by atoms with van der Waals surface area (Å²) < 4.78 is 10.3. The maximum absolute atomic E-state index is 5.18. The van der Waals surface area contributed by atoms with Gasteiger partial charge >= 0.3 is 0 Å². The van der Waals surface area contributed by atoms with Gasteiger partial charge in [-0.25, -0.2) is 0 Å². The lowest BCUT2D eigenvalue weighted by atomic mass is 10.2. The van der Waals surface area contributed by atoms with Gasteiger partial charge in [0.15, 0.2) is 0 Å². The van der Waals surface area contributed by atoms with E-state index < -0.39 is 0 Å². The van der Waals surface area contributed by atoms with Crippen molar-refractivity contribution in [2.24, 2.45) is 0 Å². The molecule has 0 aliphatic carbocycles. The summed E-state index contributed by atoms with van der Waals surface area (Å²) in [5.41, 5.74) is 1.14. The van der Waals surface area contributed by atoms with Crippen molar-refractivity contribution in [1.29, 1.82) is 0 Å². The van der Waals surface area contributed by atoms with Gasteiger partial charge in [-0.05, 0) is 19.4 Å². The third-order valence-corrected chi connectivity index (χ3v) is 1.49. The average molecular weight is 179 g/mol. The summed E-state index contributed by atoms with van der Waals surface area (Å²) in [6.45, 7) is 5.88. The number of rotatable bonds is 5. The second-order valence-electron chi connectivity index (χ2n) is 3.08. The molecule has 0 saturated heterocycles. The molecule has 0 heterocycles. The van der Waals surface area contributed by atoms with Crippen LogP contribution in [-0.2, 0) is 16.1 Å². The fourth-order valence-electron chi connectivity index (χ4n) is 0.855. The van der Waals surface area contributed by atoms with Gasteiger partial charge in [0.25, 0.3) is 0 Å². The van der Waals surface area contributed by atoms with Crippen molar-refractivity contribution in [3.05, 3.63) is 42.7 Å². The van der Waals surface area contributed by atoms with Crippen molar-refractivity contribution in [1.82, 2.24) is 0 Å². The predicted octanol–water partition coefficient (Wildman–Crippen LogP) is 2.75. The number of hydrogen-bond acceptors (Lipinski definition) is 2. The Balaban J connectivity index is 2.13. The molecular formula is C11H15O2. The lowest BCUT2D eigenvalue weighted by molar-refractivity contribution is -0.0144. The third kappa shape index (κ3) is 4.65. The van der Waals surface area contributed by atoms with E-state index >= 15 is 0 Å². The summed E-state index contributed by atoms with van der Waals surface area (Å²) in [6.07, 6.45) is 0.177. The molecule has 1 radical (unpaired) electrons. The molecule has 2 nitrogen and oxygen atoms in total. The maximum atomic E-state index is 5.18. The molecule has 0 saturated carbocycles. The molecular weight excluding hydrogens is 164 g/mol. The minimum absolute atomic E-state index is 0.177. The summed E-state index contributed by atoms with van der Waals surface area (Å²) in [5.74, 6) is 0. The molecule has 0 bridgehead atoms. The Morgan fingerprint density at radius 3 is 2.54 bits per heavy atom. The van der Waals surface area contributed by atoms with E-state index in [2.05, 4.69) is 0 Å². The molecule has 0 atom stereocenters. The van der Waals surface area contributed by atoms with Crippen molar-refractivity contribution in [2.45, 2.75) is 26.6 Å². The molecule has 0 unspecified atom stereocenters. The van der Waals surface area contributed by atoms with E-state index in [1.54, 1.807) is 0 Å². The van der Waals surface area contributed by atoms with E-state index in [9.17, 15) is 0 Å². The molecule has 0 aliphatic rings. The van der Waals surface area contributed by atoms with Crippen molar-refractivity contribution >= 4 is 0 Å². The molecule has 0 spiro atoms. The first-order chi connectivity index (χ1) is 6.29. The SMILES string of the molecule is CC(C)O[CH]OCc1ccccc1. The van der Waals surface area contributed by atoms with Crippen molar-refractivity contribution in [3.8, 4) is 0 Å². The van der Waals surface area contributed by atoms with Gasteiger partial charge in [-0.2, -0.15) is 0 Å². The molecule has 2 heteroatoms. The minimum Gasteiger partial charge on any atom is -0.345 e. The molecule has 0 N–H and O–H groups in total. The van der Waals surface area contributed by atoms with E-state index in [0.717, 1.165) is 5.56 Å². The molecule has 1 aromatic carbocycles. The highest BCUT2D eigenvalue weighted by Gasteiger charge is 1.94. The van der Waals surface area contributed by atoms with Crippen LogP contribution >= 0.6 is 0 Å². The van der Waals surface area contributed by atoms with Crippen molar-refractivity contribution in [2.75, 3.05) is 0 Å². The van der Waals surface area contributed by atoms with Gasteiger partial charge in [-0.3, -0.25) is 0 Å². The van der Waals surface area contributed by atoms with Gasteiger partial charge < -0.3 is 9.47 Å². The first kappa shape index (κ1) is 10.2. The molecule has 0 amide bonds. The van der Waals surface area contributed by atoms with Crippen LogP contribution in [0.3, 0.4) is 0 Å². The van der Waals surface area contributed by atoms with Crippen LogP contribution in [0.4, 0.5) is 0 Å². The van der Waals surface area contributed by atoms with E-state index in [1.807, 2.05) is 44.2 Å². The Morgan fingerprint density at radius 2 is 1.92 bits per heavy atom. The number of benzene rings is 1. The highest BCUT2D eigenvalue weighted by Crippen LogP contribution is 2.02. The van der Waals surface area contributed by atoms with E-state index in [0.29, 0.717) is 6.61 Å². The van der Waals surface area contributed by atoms with E-state index in [4.69, 9.17) is 9.47 Å². The van der Waals surface area contributed by atoms with Gasteiger partial charge in [0.1, 0.15) is 0 Å². The molecule has 0 fully saturated rings. The fourth-order valence-corrected chi connectivity index (χ4v) is 0.855. The quantitative estimate of drug-likeness (QED) is 0.647. The van der Waals surface area contributed by atoms with Crippen LogP contribution in [0.5, 0.6) is 0 Å². The second kappa shape index (κ2) is 5.73. The van der Waals surface area contributed by atoms with Gasteiger partial charge in [0, 0.05) is 0 Å². The van der Waals surface area contributed by atoms with Gasteiger partial charge in [-0.15, -0.1) is 0 Å². The Kier molecular flexibility index (Phi) is 4.50. The summed E-state index contributed by atoms with van der Waals surface area (Å²) in [6, 6.07) is 9.99. The van der Waals surface area contributed by atoms with Crippen LogP contribution in [0.15, 0.2) is 30.3 Å². The molecule has 0 aromatic heterocycles. The lowest BCUT2D eigenvalue weighted by Crippen LogP contribution is -2.01. The van der Waals surface area contributed by atoms with Crippen LogP contribution in [0.1, 0.15) is 19.4 Å². The molecule has 13 heavy (non-hydrogen) atoms. The van der Waals surface area contributed by atoms with Crippen LogP contribution in [-0.4, -0.2) is 6.10 Å². The van der Waals surface area contributed by atoms with Gasteiger partial charge in [0.2, 0.25) is 6.79 Å². The largest absolute Gasteiger partial charge is 0.345 e. The minimum atomic E-state index is 0.177. The Bertz CT molecular complexity index is 219. The summed E-state index contributed by atoms with van der Waals surface area (Å²) in [7, 11) is 0. The zero-order valence-electron chi connectivity index (χ0n) is 8.07. The van der Waals surface area contributed by atoms with E-state index in [1.165, 1.54) is 6.79 Å². The van der Waals surface area contributed by atoms with Crippen molar-refractivity contribution < 1.29 is 9.47 Å². The van der Waals surface area contributed by atoms with Crippen LogP contribution < -0.4 is 0 Å². The average Bonchev–Trinajstić information content (AvgIpc) is 2.14. The van der Waals surface area contributed by atoms with Crippen molar-refractivity contribution in [3.63, 3.8) is 0 Å². The predicted molar refractivity (Wildman–Crippen MR) is 51.8 cm³/mol. The first-order valence-electron chi connectivity index (χ1n) is 4.41. The summed E-state index contributed by atoms with van der Waals surface area (Å²) in [5, 5.41) is 0. The van der Waals surface area contributed by atoms with Crippen LogP contribution in [0.25, 0.3) is 0 Å². The topological polar surface area (TPSA) is 18.5 Å². The highest BCUT2D eigenvalue weighted by atomic mass is 16.7. The molecule has 0 aliphatic heterocycles. The highest BCUT2D eigenvalue weighted by molar-refractivity contribution is 5.13. The van der Waals surface area contributed by atoms with Gasteiger partial charge in [0.05, 0.1) is 12.7 Å². The molecule has 1 rings (SSSR count). The summed E-state index contributed by atoms with van der Waals surface area (Å²) >= 11 is 0. The monoisotopic (exact) mass is 179 g/mol. The first-order valence-corrected chi connectivity index (χ1v) is 4.41. The molecule has 71 valence electrons. The normalized spacial score (nSPS) is 10.7. The maximum Gasteiger partial charge on any atom is 0.210 e. The Hall–Kier alpha value is -0.860. The van der Waals surface area contributed by atoms with Crippen LogP contribution in [0, 0.1) is 6.79 Å². The third-order valence-electron chi connectivity index (χ3n) is 1.49. The number of ether oxygens (including phenoxy) is 2. The smallest absolute Gasteiger partial charge is 0.210 e. The zero-order valence-corrected chi connectivity index (χ0v) is 8.07. The Labute approximate surface area is 79.5 Å². The second-order valence-corrected chi connectivity index (χ2v) is 3.08. The van der Waals surface area contributed by atoms with Gasteiger partial charge in [-0.1, -0.05) is 30.3 Å². The lowest BCUT2D eigenvalue weighted by Gasteiger charge is -2.06. The van der Waals surface area contributed by atoms with E-state index in [-0.39, 0.29) is 6.10 Å². The summed E-state index contributed by atoms with van der Waals surface area (Å²) in [4.78, 5) is 0. The standard InChI is InChI=1S/C11H15O2/c1-10(2)13-9-12-8-11-6-4-3-5-7-11/h3-7,9-10H,8H2,1-2H3. The Morgan fingerprint density at radius 1 is 1.23 bits per heavy atom. The number of hydrogen-bond donors (Lipinski definition) is 0. The fraction of sp³-hybridized carbons (Fsp3) is 0.364. The zero-order chi connectivity index (χ0) is 9.52. The molecule has 1 aromatic rings. The van der Waals surface area contributed by atoms with Crippen LogP contribution in [0.2, 0.25) is 0 Å².